The van der Waals surface area contributed by atoms with Crippen molar-refractivity contribution < 1.29 is 18.0 Å². The molecule has 0 fully saturated rings. The maximum absolute atomic E-state index is 12.8. The van der Waals surface area contributed by atoms with E-state index in [1.807, 2.05) is 6.92 Å². The van der Waals surface area contributed by atoms with Crippen molar-refractivity contribution in [2.24, 2.45) is 0 Å². The van der Waals surface area contributed by atoms with Crippen LogP contribution in [0.1, 0.15) is 18.1 Å². The van der Waals surface area contributed by atoms with Crippen LogP contribution in [0.3, 0.4) is 0 Å². The number of urea groups is 1. The van der Waals surface area contributed by atoms with E-state index >= 15 is 0 Å². The van der Waals surface area contributed by atoms with Crippen LogP contribution in [0.15, 0.2) is 30.5 Å². The normalized spacial score (nSPS) is 11.2. The third kappa shape index (κ3) is 3.53. The molecule has 8 heteroatoms. The maximum atomic E-state index is 12.8. The first kappa shape index (κ1) is 14.9. The quantitative estimate of drug-likeness (QED) is 0.809. The molecule has 2 amide bonds. The number of carbonyl (C=O) groups is 1. The van der Waals surface area contributed by atoms with E-state index in [9.17, 15) is 18.0 Å². The number of rotatable bonds is 3. The Morgan fingerprint density at radius 3 is 2.67 bits per heavy atom. The van der Waals surface area contributed by atoms with Crippen LogP contribution < -0.4 is 10.6 Å². The third-order valence-corrected chi connectivity index (χ3v) is 2.82. The van der Waals surface area contributed by atoms with Crippen LogP contribution in [-0.2, 0) is 12.6 Å². The molecule has 0 saturated carbocycles. The highest BCUT2D eigenvalue weighted by Gasteiger charge is 2.33. The lowest BCUT2D eigenvalue weighted by atomic mass is 10.1. The standard InChI is InChI=1S/C13H13F3N4O/c1-2-8-7-17-20-11(8)19-12(21)18-10-6-4-3-5-9(10)13(14,15)16/h3-7H,2H2,1H3,(H3,17,18,19,20,21). The number of halogens is 3. The molecule has 0 saturated heterocycles. The highest BCUT2D eigenvalue weighted by Crippen LogP contribution is 2.34. The van der Waals surface area contributed by atoms with E-state index in [1.165, 1.54) is 18.2 Å². The van der Waals surface area contributed by atoms with E-state index in [4.69, 9.17) is 0 Å². The summed E-state index contributed by atoms with van der Waals surface area (Å²) in [4.78, 5) is 11.8. The number of H-pyrrole nitrogens is 1. The number of alkyl halides is 3. The summed E-state index contributed by atoms with van der Waals surface area (Å²) >= 11 is 0. The highest BCUT2D eigenvalue weighted by molar-refractivity contribution is 6.00. The molecule has 0 radical (unpaired) electrons. The van der Waals surface area contributed by atoms with Gasteiger partial charge in [0, 0.05) is 5.56 Å². The summed E-state index contributed by atoms with van der Waals surface area (Å²) < 4.78 is 38.4. The predicted molar refractivity (Wildman–Crippen MR) is 72.1 cm³/mol. The predicted octanol–water partition coefficient (Wildman–Crippen LogP) is 3.63. The average Bonchev–Trinajstić information content (AvgIpc) is 2.85. The van der Waals surface area contributed by atoms with Crippen molar-refractivity contribution in [1.29, 1.82) is 0 Å². The Balaban J connectivity index is 2.14. The van der Waals surface area contributed by atoms with Crippen LogP contribution in [-0.4, -0.2) is 16.2 Å². The van der Waals surface area contributed by atoms with Crippen molar-refractivity contribution >= 4 is 17.5 Å². The lowest BCUT2D eigenvalue weighted by molar-refractivity contribution is -0.136. The molecule has 0 spiro atoms. The average molecular weight is 298 g/mol. The van der Waals surface area contributed by atoms with Crippen LogP contribution >= 0.6 is 0 Å². The van der Waals surface area contributed by atoms with Crippen LogP contribution in [0.25, 0.3) is 0 Å². The first-order chi connectivity index (χ1) is 9.91. The Morgan fingerprint density at radius 2 is 2.00 bits per heavy atom. The van der Waals surface area contributed by atoms with E-state index in [1.54, 1.807) is 6.20 Å². The smallest absolute Gasteiger partial charge is 0.307 e. The zero-order valence-electron chi connectivity index (χ0n) is 11.1. The lowest BCUT2D eigenvalue weighted by Crippen LogP contribution is -2.22. The number of nitrogens with one attached hydrogen (secondary N) is 3. The SMILES string of the molecule is CCc1cn[nH]c1NC(=O)Nc1ccccc1C(F)(F)F. The van der Waals surface area contributed by atoms with Gasteiger partial charge in [-0.05, 0) is 18.6 Å². The number of anilines is 2. The fraction of sp³-hybridized carbons (Fsp3) is 0.231. The van der Waals surface area contributed by atoms with Crippen LogP contribution in [0.2, 0.25) is 0 Å². The molecule has 0 atom stereocenters. The summed E-state index contributed by atoms with van der Waals surface area (Å²) in [5.41, 5.74) is -0.449. The van der Waals surface area contributed by atoms with Crippen molar-refractivity contribution in [3.8, 4) is 0 Å². The Labute approximate surface area is 118 Å². The summed E-state index contributed by atoms with van der Waals surface area (Å²) in [6.07, 6.45) is -2.36. The zero-order chi connectivity index (χ0) is 15.5. The molecule has 2 rings (SSSR count). The van der Waals surface area contributed by atoms with Gasteiger partial charge in [0.25, 0.3) is 0 Å². The van der Waals surface area contributed by atoms with Gasteiger partial charge in [0.15, 0.2) is 0 Å². The van der Waals surface area contributed by atoms with Crippen LogP contribution in [0, 0.1) is 0 Å². The fourth-order valence-electron chi connectivity index (χ4n) is 1.79. The molecule has 0 aliphatic carbocycles. The van der Waals surface area contributed by atoms with Gasteiger partial charge < -0.3 is 5.32 Å². The van der Waals surface area contributed by atoms with Crippen molar-refractivity contribution in [2.45, 2.75) is 19.5 Å². The number of aromatic amines is 1. The molecule has 0 bridgehead atoms. The molecule has 0 unspecified atom stereocenters. The Kier molecular flexibility index (Phi) is 4.15. The Hall–Kier alpha value is -2.51. The molecule has 5 nitrogen and oxygen atoms in total. The van der Waals surface area contributed by atoms with E-state index in [0.717, 1.165) is 11.6 Å². The molecule has 112 valence electrons. The van der Waals surface area contributed by atoms with Crippen molar-refractivity contribution in [3.05, 3.63) is 41.6 Å². The monoisotopic (exact) mass is 298 g/mol. The third-order valence-electron chi connectivity index (χ3n) is 2.82. The number of benzene rings is 1. The minimum atomic E-state index is -4.54. The van der Waals surface area contributed by atoms with Gasteiger partial charge >= 0.3 is 12.2 Å². The van der Waals surface area contributed by atoms with E-state index in [-0.39, 0.29) is 5.69 Å². The number of hydrogen-bond acceptors (Lipinski definition) is 2. The summed E-state index contributed by atoms with van der Waals surface area (Å²) in [5, 5.41) is 11.0. The van der Waals surface area contributed by atoms with E-state index in [2.05, 4.69) is 20.8 Å². The van der Waals surface area contributed by atoms with Gasteiger partial charge in [-0.25, -0.2) is 4.79 Å². The summed E-state index contributed by atoms with van der Waals surface area (Å²) in [5.74, 6) is 0.361. The van der Waals surface area contributed by atoms with Gasteiger partial charge in [0.05, 0.1) is 17.4 Å². The lowest BCUT2D eigenvalue weighted by Gasteiger charge is -2.13. The van der Waals surface area contributed by atoms with Crippen molar-refractivity contribution in [2.75, 3.05) is 10.6 Å². The molecule has 0 aliphatic rings. The summed E-state index contributed by atoms with van der Waals surface area (Å²) in [7, 11) is 0. The minimum Gasteiger partial charge on any atom is -0.307 e. The molecule has 1 heterocycles. The second kappa shape index (κ2) is 5.86. The minimum absolute atomic E-state index is 0.305. The number of aryl methyl sites for hydroxylation is 1. The molecular formula is C13H13F3N4O. The van der Waals surface area contributed by atoms with Gasteiger partial charge in [-0.1, -0.05) is 19.1 Å². The molecule has 0 aliphatic heterocycles. The topological polar surface area (TPSA) is 69.8 Å². The second-order valence-electron chi connectivity index (χ2n) is 4.25. The first-order valence-electron chi connectivity index (χ1n) is 6.18. The number of aromatic nitrogens is 2. The maximum Gasteiger partial charge on any atom is 0.418 e. The first-order valence-corrected chi connectivity index (χ1v) is 6.18. The van der Waals surface area contributed by atoms with Crippen LogP contribution in [0.4, 0.5) is 29.5 Å². The summed E-state index contributed by atoms with van der Waals surface area (Å²) in [6.45, 7) is 1.87. The van der Waals surface area contributed by atoms with E-state index in [0.29, 0.717) is 12.2 Å². The Morgan fingerprint density at radius 1 is 1.29 bits per heavy atom. The fourth-order valence-corrected chi connectivity index (χ4v) is 1.79. The number of amides is 2. The largest absolute Gasteiger partial charge is 0.418 e. The molecule has 1 aromatic heterocycles. The molecule has 21 heavy (non-hydrogen) atoms. The second-order valence-corrected chi connectivity index (χ2v) is 4.25. The van der Waals surface area contributed by atoms with Crippen LogP contribution in [0.5, 0.6) is 0 Å². The molecule has 3 N–H and O–H groups in total. The Bertz CT molecular complexity index is 636. The van der Waals surface area contributed by atoms with Gasteiger partial charge in [0.1, 0.15) is 5.82 Å². The van der Waals surface area contributed by atoms with Gasteiger partial charge in [0.2, 0.25) is 0 Å². The van der Waals surface area contributed by atoms with Gasteiger partial charge in [-0.15, -0.1) is 0 Å². The number of carbonyl (C=O) groups excluding carboxylic acids is 1. The van der Waals surface area contributed by atoms with Gasteiger partial charge in [-0.2, -0.15) is 18.3 Å². The molecule has 1 aromatic carbocycles. The highest BCUT2D eigenvalue weighted by atomic mass is 19.4. The van der Waals surface area contributed by atoms with Crippen molar-refractivity contribution in [3.63, 3.8) is 0 Å². The van der Waals surface area contributed by atoms with Crippen molar-refractivity contribution in [1.82, 2.24) is 10.2 Å². The molecular weight excluding hydrogens is 285 g/mol. The number of nitrogens with zero attached hydrogens (tertiary/aromatic N) is 1. The number of para-hydroxylation sites is 1. The molecule has 2 aromatic rings. The summed E-state index contributed by atoms with van der Waals surface area (Å²) in [6, 6.07) is 4.00. The zero-order valence-corrected chi connectivity index (χ0v) is 11.1. The van der Waals surface area contributed by atoms with Gasteiger partial charge in [-0.3, -0.25) is 10.4 Å². The van der Waals surface area contributed by atoms with E-state index < -0.39 is 17.8 Å². The number of hydrogen-bond donors (Lipinski definition) is 3.